The molecule has 2 N–H and O–H groups in total. The molecular weight excluding hydrogens is 379 g/mol. The molecule has 0 aromatic rings. The lowest BCUT2D eigenvalue weighted by Gasteiger charge is -2.35. The van der Waals surface area contributed by atoms with Crippen molar-refractivity contribution in [2.24, 2.45) is 10.9 Å². The molecule has 1 aliphatic heterocycles. The zero-order chi connectivity index (χ0) is 14.8. The van der Waals surface area contributed by atoms with Gasteiger partial charge in [-0.15, -0.1) is 24.0 Å². The van der Waals surface area contributed by atoms with Crippen molar-refractivity contribution >= 4 is 29.9 Å². The van der Waals surface area contributed by atoms with Gasteiger partial charge in [-0.2, -0.15) is 0 Å². The van der Waals surface area contributed by atoms with Crippen LogP contribution in [0.4, 0.5) is 0 Å². The second-order valence-electron chi connectivity index (χ2n) is 5.82. The number of aliphatic imine (C=N–C) groups is 1. The Hall–Kier alpha value is -0.0800. The molecule has 5 nitrogen and oxygen atoms in total. The van der Waals surface area contributed by atoms with Crippen LogP contribution in [-0.2, 0) is 4.74 Å². The van der Waals surface area contributed by atoms with Crippen molar-refractivity contribution in [1.82, 2.24) is 15.5 Å². The molecule has 126 valence electrons. The van der Waals surface area contributed by atoms with E-state index in [1.54, 1.807) is 7.11 Å². The summed E-state index contributed by atoms with van der Waals surface area (Å²) >= 11 is 0. The van der Waals surface area contributed by atoms with E-state index in [1.165, 1.54) is 25.9 Å². The van der Waals surface area contributed by atoms with Gasteiger partial charge >= 0.3 is 0 Å². The van der Waals surface area contributed by atoms with E-state index >= 15 is 0 Å². The first kappa shape index (κ1) is 20.9. The molecule has 1 aliphatic rings. The smallest absolute Gasteiger partial charge is 0.191 e. The van der Waals surface area contributed by atoms with Gasteiger partial charge in [-0.3, -0.25) is 9.89 Å². The van der Waals surface area contributed by atoms with Crippen LogP contribution in [-0.4, -0.2) is 63.8 Å². The molecule has 2 atom stereocenters. The molecule has 0 aromatic heterocycles. The molecule has 0 aliphatic carbocycles. The maximum Gasteiger partial charge on any atom is 0.191 e. The Balaban J connectivity index is 0.00000400. The minimum Gasteiger partial charge on any atom is -0.385 e. The van der Waals surface area contributed by atoms with Crippen molar-refractivity contribution in [1.29, 1.82) is 0 Å². The number of ether oxygens (including phenoxy) is 1. The number of halogens is 1. The summed E-state index contributed by atoms with van der Waals surface area (Å²) in [6.07, 6.45) is 3.70. The SMILES string of the molecule is CN=C(NCCCOC)NCC(C)N1CCCC(C)C1.I. The number of hydrogen-bond acceptors (Lipinski definition) is 3. The number of nitrogens with zero attached hydrogens (tertiary/aromatic N) is 2. The van der Waals surface area contributed by atoms with Crippen LogP contribution in [0.25, 0.3) is 0 Å². The number of nitrogens with one attached hydrogen (secondary N) is 2. The Kier molecular flexibility index (Phi) is 12.4. The molecule has 6 heteroatoms. The van der Waals surface area contributed by atoms with Crippen molar-refractivity contribution < 1.29 is 4.74 Å². The van der Waals surface area contributed by atoms with Crippen molar-refractivity contribution in [3.8, 4) is 0 Å². The molecule has 0 bridgehead atoms. The number of piperidine rings is 1. The summed E-state index contributed by atoms with van der Waals surface area (Å²) < 4.78 is 5.04. The summed E-state index contributed by atoms with van der Waals surface area (Å²) in [5.41, 5.74) is 0. The van der Waals surface area contributed by atoms with Crippen LogP contribution in [0.15, 0.2) is 4.99 Å². The standard InChI is InChI=1S/C15H32N4O.HI/c1-13-7-5-9-19(12-13)14(2)11-18-15(16-3)17-8-6-10-20-4;/h13-14H,5-12H2,1-4H3,(H2,16,17,18);1H. The van der Waals surface area contributed by atoms with E-state index in [0.717, 1.165) is 38.0 Å². The highest BCUT2D eigenvalue weighted by molar-refractivity contribution is 14.0. The quantitative estimate of drug-likeness (QED) is 0.290. The average Bonchev–Trinajstić information content (AvgIpc) is 2.46. The molecule has 0 spiro atoms. The third-order valence-corrected chi connectivity index (χ3v) is 3.92. The normalized spacial score (nSPS) is 21.5. The maximum atomic E-state index is 5.04. The Bertz CT molecular complexity index is 289. The molecule has 0 saturated carbocycles. The van der Waals surface area contributed by atoms with E-state index in [9.17, 15) is 0 Å². The van der Waals surface area contributed by atoms with E-state index in [1.807, 2.05) is 7.05 Å². The fourth-order valence-corrected chi connectivity index (χ4v) is 2.64. The van der Waals surface area contributed by atoms with Crippen LogP contribution in [0, 0.1) is 5.92 Å². The summed E-state index contributed by atoms with van der Waals surface area (Å²) in [7, 11) is 3.55. The monoisotopic (exact) mass is 412 g/mol. The fraction of sp³-hybridized carbons (Fsp3) is 0.933. The summed E-state index contributed by atoms with van der Waals surface area (Å²) in [6, 6.07) is 0.551. The highest BCUT2D eigenvalue weighted by atomic mass is 127. The Labute approximate surface area is 147 Å². The maximum absolute atomic E-state index is 5.04. The molecule has 21 heavy (non-hydrogen) atoms. The summed E-state index contributed by atoms with van der Waals surface area (Å²) in [6.45, 7) is 9.72. The number of hydrogen-bond donors (Lipinski definition) is 2. The van der Waals surface area contributed by atoms with Gasteiger partial charge < -0.3 is 15.4 Å². The lowest BCUT2D eigenvalue weighted by molar-refractivity contribution is 0.139. The molecule has 2 unspecified atom stereocenters. The van der Waals surface area contributed by atoms with E-state index in [2.05, 4.69) is 34.4 Å². The number of guanidine groups is 1. The average molecular weight is 412 g/mol. The molecule has 0 amide bonds. The van der Waals surface area contributed by atoms with Gasteiger partial charge in [0.1, 0.15) is 0 Å². The third-order valence-electron chi connectivity index (χ3n) is 3.92. The first-order valence-corrected chi connectivity index (χ1v) is 7.84. The van der Waals surface area contributed by atoms with Crippen LogP contribution in [0.1, 0.15) is 33.1 Å². The van der Waals surface area contributed by atoms with Gasteiger partial charge in [0.2, 0.25) is 0 Å². The predicted octanol–water partition coefficient (Wildman–Crippen LogP) is 1.93. The minimum absolute atomic E-state index is 0. The van der Waals surface area contributed by atoms with Crippen molar-refractivity contribution in [3.05, 3.63) is 0 Å². The first-order valence-electron chi connectivity index (χ1n) is 7.84. The molecule has 1 fully saturated rings. The van der Waals surface area contributed by atoms with Crippen LogP contribution in [0.3, 0.4) is 0 Å². The molecule has 0 aromatic carbocycles. The molecule has 1 rings (SSSR count). The van der Waals surface area contributed by atoms with Gasteiger partial charge in [-0.1, -0.05) is 6.92 Å². The highest BCUT2D eigenvalue weighted by Crippen LogP contribution is 2.17. The van der Waals surface area contributed by atoms with Crippen LogP contribution in [0.2, 0.25) is 0 Å². The van der Waals surface area contributed by atoms with Crippen LogP contribution < -0.4 is 10.6 Å². The highest BCUT2D eigenvalue weighted by Gasteiger charge is 2.20. The third kappa shape index (κ3) is 8.83. The van der Waals surface area contributed by atoms with Gasteiger partial charge in [0.25, 0.3) is 0 Å². The van der Waals surface area contributed by atoms with E-state index in [0.29, 0.717) is 6.04 Å². The molecule has 1 heterocycles. The number of rotatable bonds is 7. The predicted molar refractivity (Wildman–Crippen MR) is 101 cm³/mol. The van der Waals surface area contributed by atoms with Gasteiger partial charge in [-0.25, -0.2) is 0 Å². The van der Waals surface area contributed by atoms with E-state index in [-0.39, 0.29) is 24.0 Å². The summed E-state index contributed by atoms with van der Waals surface area (Å²) in [5.74, 6) is 1.72. The van der Waals surface area contributed by atoms with Crippen LogP contribution >= 0.6 is 24.0 Å². The zero-order valence-electron chi connectivity index (χ0n) is 14.0. The second kappa shape index (κ2) is 12.5. The van der Waals surface area contributed by atoms with Crippen molar-refractivity contribution in [3.63, 3.8) is 0 Å². The first-order chi connectivity index (χ1) is 9.67. The Morgan fingerprint density at radius 1 is 1.43 bits per heavy atom. The molecular formula is C15H33IN4O. The van der Waals surface area contributed by atoms with E-state index in [4.69, 9.17) is 4.74 Å². The topological polar surface area (TPSA) is 48.9 Å². The number of methoxy groups -OCH3 is 1. The Morgan fingerprint density at radius 3 is 2.81 bits per heavy atom. The lowest BCUT2D eigenvalue weighted by Crippen LogP contribution is -2.48. The summed E-state index contributed by atoms with van der Waals surface area (Å²) in [4.78, 5) is 6.84. The lowest BCUT2D eigenvalue weighted by atomic mass is 9.99. The Morgan fingerprint density at radius 2 is 2.19 bits per heavy atom. The van der Waals surface area contributed by atoms with Crippen molar-refractivity contribution in [2.75, 3.05) is 46.9 Å². The molecule has 1 saturated heterocycles. The van der Waals surface area contributed by atoms with Crippen LogP contribution in [0.5, 0.6) is 0 Å². The van der Waals surface area contributed by atoms with E-state index < -0.39 is 0 Å². The van der Waals surface area contributed by atoms with Gasteiger partial charge in [-0.05, 0) is 38.6 Å². The molecule has 0 radical (unpaired) electrons. The zero-order valence-corrected chi connectivity index (χ0v) is 16.4. The second-order valence-corrected chi connectivity index (χ2v) is 5.82. The fourth-order valence-electron chi connectivity index (χ4n) is 2.64. The minimum atomic E-state index is 0. The van der Waals surface area contributed by atoms with Gasteiger partial charge in [0.05, 0.1) is 0 Å². The largest absolute Gasteiger partial charge is 0.385 e. The van der Waals surface area contributed by atoms with Crippen molar-refractivity contribution in [2.45, 2.75) is 39.2 Å². The van der Waals surface area contributed by atoms with Gasteiger partial charge in [0, 0.05) is 46.4 Å². The number of likely N-dealkylation sites (tertiary alicyclic amines) is 1. The summed E-state index contributed by atoms with van der Waals surface area (Å²) in [5, 5.41) is 6.73. The van der Waals surface area contributed by atoms with Gasteiger partial charge in [0.15, 0.2) is 5.96 Å².